The highest BCUT2D eigenvalue weighted by Crippen LogP contribution is 2.37. The topological polar surface area (TPSA) is 50.9 Å². The van der Waals surface area contributed by atoms with E-state index < -0.39 is 0 Å². The van der Waals surface area contributed by atoms with E-state index in [-0.39, 0.29) is 5.75 Å². The first-order valence-electron chi connectivity index (χ1n) is 13.8. The molecule has 0 amide bonds. The van der Waals surface area contributed by atoms with Gasteiger partial charge < -0.3 is 5.11 Å². The van der Waals surface area contributed by atoms with Crippen LogP contribution in [0.1, 0.15) is 16.7 Å². The minimum absolute atomic E-state index is 0.264. The summed E-state index contributed by atoms with van der Waals surface area (Å²) in [6, 6.07) is 37.0. The second-order valence-electron chi connectivity index (χ2n) is 10.7. The second kappa shape index (κ2) is 9.76. The molecule has 0 aliphatic heterocycles. The molecule has 0 radical (unpaired) electrons. The highest BCUT2D eigenvalue weighted by Gasteiger charge is 2.16. The molecule has 7 aromatic rings. The van der Waals surface area contributed by atoms with Crippen molar-refractivity contribution in [2.24, 2.45) is 0 Å². The SMILES string of the molecule is Cc1cc(C)c(-c2ccnc(-c3cccc(-n4c5ccccc5c5ccc(-c6ccccc6O)cc54)n3)c2)c(C)c1. The highest BCUT2D eigenvalue weighted by atomic mass is 16.3. The molecule has 4 heteroatoms. The smallest absolute Gasteiger partial charge is 0.138 e. The molecule has 0 aliphatic carbocycles. The summed E-state index contributed by atoms with van der Waals surface area (Å²) in [5.41, 5.74) is 11.7. The van der Waals surface area contributed by atoms with Crippen LogP contribution >= 0.6 is 0 Å². The number of phenols is 1. The van der Waals surface area contributed by atoms with Gasteiger partial charge in [-0.25, -0.2) is 4.98 Å². The summed E-state index contributed by atoms with van der Waals surface area (Å²) >= 11 is 0. The van der Waals surface area contributed by atoms with Gasteiger partial charge in [0.05, 0.1) is 22.4 Å². The molecule has 0 spiro atoms. The van der Waals surface area contributed by atoms with E-state index in [2.05, 4.69) is 92.1 Å². The monoisotopic (exact) mass is 531 g/mol. The van der Waals surface area contributed by atoms with Crippen LogP contribution in [0.5, 0.6) is 5.75 Å². The molecule has 0 atom stereocenters. The van der Waals surface area contributed by atoms with Crippen LogP contribution in [0.15, 0.2) is 115 Å². The molecule has 0 saturated heterocycles. The predicted molar refractivity (Wildman–Crippen MR) is 169 cm³/mol. The Hall–Kier alpha value is -5.22. The van der Waals surface area contributed by atoms with Crippen LogP contribution in [0.3, 0.4) is 0 Å². The van der Waals surface area contributed by atoms with Gasteiger partial charge in [-0.2, -0.15) is 0 Å². The van der Waals surface area contributed by atoms with Crippen LogP contribution in [0.25, 0.3) is 61.3 Å². The lowest BCUT2D eigenvalue weighted by Gasteiger charge is -2.13. The lowest BCUT2D eigenvalue weighted by molar-refractivity contribution is 0.477. The van der Waals surface area contributed by atoms with E-state index in [0.717, 1.165) is 55.7 Å². The number of hydrogen-bond donors (Lipinski definition) is 1. The molecule has 0 fully saturated rings. The standard InChI is InChI=1S/C37H29N3O/c1-23-19-24(2)37(25(3)20-23)27-17-18-38-32(21-27)31-11-8-14-36(39-31)40-33-12-6-4-10-29(33)30-16-15-26(22-34(30)40)28-9-5-7-13-35(28)41/h4-22,41H,1-3H3. The maximum atomic E-state index is 10.6. The summed E-state index contributed by atoms with van der Waals surface area (Å²) in [7, 11) is 0. The third-order valence-corrected chi connectivity index (χ3v) is 7.84. The van der Waals surface area contributed by atoms with Gasteiger partial charge in [-0.15, -0.1) is 0 Å². The number of phenolic OH excluding ortho intramolecular Hbond substituents is 1. The van der Waals surface area contributed by atoms with Crippen LogP contribution in [0.2, 0.25) is 0 Å². The third kappa shape index (κ3) is 4.25. The lowest BCUT2D eigenvalue weighted by Crippen LogP contribution is -1.99. The van der Waals surface area contributed by atoms with Gasteiger partial charge >= 0.3 is 0 Å². The molecule has 0 saturated carbocycles. The molecule has 3 aromatic heterocycles. The fourth-order valence-corrected chi connectivity index (χ4v) is 6.15. The minimum Gasteiger partial charge on any atom is -0.507 e. The van der Waals surface area contributed by atoms with Crippen LogP contribution < -0.4 is 0 Å². The summed E-state index contributed by atoms with van der Waals surface area (Å²) < 4.78 is 2.20. The molecule has 198 valence electrons. The fourth-order valence-electron chi connectivity index (χ4n) is 6.15. The zero-order valence-electron chi connectivity index (χ0n) is 23.3. The minimum atomic E-state index is 0.264. The number of rotatable bonds is 4. The van der Waals surface area contributed by atoms with Gasteiger partial charge in [-0.3, -0.25) is 9.55 Å². The van der Waals surface area contributed by atoms with Crippen molar-refractivity contribution >= 4 is 21.8 Å². The van der Waals surface area contributed by atoms with E-state index in [1.54, 1.807) is 6.07 Å². The molecule has 7 rings (SSSR count). The van der Waals surface area contributed by atoms with Crippen molar-refractivity contribution in [3.05, 3.63) is 132 Å². The van der Waals surface area contributed by atoms with Gasteiger partial charge in [0.2, 0.25) is 0 Å². The number of nitrogens with zero attached hydrogens (tertiary/aromatic N) is 3. The average molecular weight is 532 g/mol. The number of para-hydroxylation sites is 2. The predicted octanol–water partition coefficient (Wildman–Crippen LogP) is 9.21. The summed E-state index contributed by atoms with van der Waals surface area (Å²) in [5.74, 6) is 1.08. The molecule has 3 heterocycles. The summed E-state index contributed by atoms with van der Waals surface area (Å²) in [4.78, 5) is 9.87. The lowest BCUT2D eigenvalue weighted by atomic mass is 9.94. The molecule has 41 heavy (non-hydrogen) atoms. The van der Waals surface area contributed by atoms with Crippen LogP contribution in [0.4, 0.5) is 0 Å². The van der Waals surface area contributed by atoms with Gasteiger partial charge in [-0.05, 0) is 91.1 Å². The Morgan fingerprint density at radius 3 is 2.20 bits per heavy atom. The van der Waals surface area contributed by atoms with Crippen molar-refractivity contribution in [1.29, 1.82) is 0 Å². The Bertz CT molecular complexity index is 2080. The molecule has 1 N–H and O–H groups in total. The number of benzene rings is 4. The Morgan fingerprint density at radius 1 is 0.610 bits per heavy atom. The fraction of sp³-hybridized carbons (Fsp3) is 0.0811. The van der Waals surface area contributed by atoms with E-state index in [9.17, 15) is 5.11 Å². The number of fused-ring (bicyclic) bond motifs is 3. The zero-order chi connectivity index (χ0) is 28.1. The molecule has 0 unspecified atom stereocenters. The molecule has 0 aliphatic rings. The summed E-state index contributed by atoms with van der Waals surface area (Å²) in [6.07, 6.45) is 1.87. The van der Waals surface area contributed by atoms with Crippen molar-refractivity contribution < 1.29 is 5.11 Å². The van der Waals surface area contributed by atoms with Crippen LogP contribution in [-0.2, 0) is 0 Å². The zero-order valence-corrected chi connectivity index (χ0v) is 23.3. The van der Waals surface area contributed by atoms with Crippen molar-refractivity contribution in [2.75, 3.05) is 0 Å². The Kier molecular flexibility index (Phi) is 5.90. The van der Waals surface area contributed by atoms with Crippen molar-refractivity contribution in [1.82, 2.24) is 14.5 Å². The van der Waals surface area contributed by atoms with Crippen molar-refractivity contribution in [3.8, 4) is 45.2 Å². The first-order valence-corrected chi connectivity index (χ1v) is 13.8. The maximum absolute atomic E-state index is 10.6. The van der Waals surface area contributed by atoms with Crippen LogP contribution in [-0.4, -0.2) is 19.6 Å². The van der Waals surface area contributed by atoms with Crippen LogP contribution in [0, 0.1) is 20.8 Å². The van der Waals surface area contributed by atoms with Gasteiger partial charge in [-0.1, -0.05) is 72.3 Å². The van der Waals surface area contributed by atoms with Gasteiger partial charge in [0.1, 0.15) is 11.6 Å². The van der Waals surface area contributed by atoms with E-state index in [0.29, 0.717) is 0 Å². The highest BCUT2D eigenvalue weighted by molar-refractivity contribution is 6.10. The largest absolute Gasteiger partial charge is 0.507 e. The van der Waals surface area contributed by atoms with Gasteiger partial charge in [0.25, 0.3) is 0 Å². The molecule has 4 nitrogen and oxygen atoms in total. The number of pyridine rings is 2. The number of aryl methyl sites for hydroxylation is 3. The normalized spacial score (nSPS) is 11.4. The second-order valence-corrected chi connectivity index (χ2v) is 10.7. The Labute approximate surface area is 239 Å². The van der Waals surface area contributed by atoms with E-state index >= 15 is 0 Å². The summed E-state index contributed by atoms with van der Waals surface area (Å²) in [5, 5.41) is 12.8. The maximum Gasteiger partial charge on any atom is 0.138 e. The molecular formula is C37H29N3O. The first kappa shape index (κ1) is 24.8. The number of aromatic nitrogens is 3. The quantitative estimate of drug-likeness (QED) is 0.246. The Balaban J connectivity index is 1.40. The number of aromatic hydroxyl groups is 1. The first-order chi connectivity index (χ1) is 20.0. The Morgan fingerprint density at radius 2 is 1.37 bits per heavy atom. The van der Waals surface area contributed by atoms with E-state index in [1.165, 1.54) is 22.3 Å². The number of hydrogen-bond acceptors (Lipinski definition) is 3. The van der Waals surface area contributed by atoms with Crippen molar-refractivity contribution in [3.63, 3.8) is 0 Å². The average Bonchev–Trinajstić information content (AvgIpc) is 3.31. The van der Waals surface area contributed by atoms with Crippen molar-refractivity contribution in [2.45, 2.75) is 20.8 Å². The molecular weight excluding hydrogens is 502 g/mol. The third-order valence-electron chi connectivity index (χ3n) is 7.84. The molecule has 4 aromatic carbocycles. The van der Waals surface area contributed by atoms with E-state index in [4.69, 9.17) is 9.97 Å². The van der Waals surface area contributed by atoms with Gasteiger partial charge in [0, 0.05) is 22.5 Å². The van der Waals surface area contributed by atoms with Gasteiger partial charge in [0.15, 0.2) is 0 Å². The molecule has 0 bridgehead atoms. The summed E-state index contributed by atoms with van der Waals surface area (Å²) in [6.45, 7) is 6.47. The van der Waals surface area contributed by atoms with E-state index in [1.807, 2.05) is 42.6 Å².